The van der Waals surface area contributed by atoms with Crippen LogP contribution >= 0.6 is 15.9 Å². The molecule has 1 atom stereocenters. The van der Waals surface area contributed by atoms with Crippen molar-refractivity contribution in [2.45, 2.75) is 13.8 Å². The standard InChI is InChI=1S/C14H23BrN2O/c1-10(2)11(8-16)9-17(3)13-7-12(15)5-6-14(13)18-4/h5-7,10-11H,8-9,16H2,1-4H3. The molecule has 0 radical (unpaired) electrons. The Kier molecular flexibility index (Phi) is 5.96. The average Bonchev–Trinajstić information content (AvgIpc) is 2.35. The Bertz CT molecular complexity index is 382. The molecular weight excluding hydrogens is 292 g/mol. The summed E-state index contributed by atoms with van der Waals surface area (Å²) in [4.78, 5) is 2.21. The molecule has 0 aliphatic heterocycles. The van der Waals surface area contributed by atoms with E-state index in [0.717, 1.165) is 22.5 Å². The van der Waals surface area contributed by atoms with E-state index in [4.69, 9.17) is 10.5 Å². The fourth-order valence-electron chi connectivity index (χ4n) is 1.97. The Hall–Kier alpha value is -0.740. The third-order valence-corrected chi connectivity index (χ3v) is 3.80. The van der Waals surface area contributed by atoms with Crippen LogP contribution in [0, 0.1) is 11.8 Å². The van der Waals surface area contributed by atoms with Gasteiger partial charge in [-0.3, -0.25) is 0 Å². The average molecular weight is 315 g/mol. The lowest BCUT2D eigenvalue weighted by Crippen LogP contribution is -2.33. The smallest absolute Gasteiger partial charge is 0.142 e. The lowest BCUT2D eigenvalue weighted by Gasteiger charge is -2.28. The maximum Gasteiger partial charge on any atom is 0.142 e. The van der Waals surface area contributed by atoms with E-state index < -0.39 is 0 Å². The zero-order chi connectivity index (χ0) is 13.7. The van der Waals surface area contributed by atoms with Crippen LogP contribution in [0.1, 0.15) is 13.8 Å². The highest BCUT2D eigenvalue weighted by atomic mass is 79.9. The van der Waals surface area contributed by atoms with Gasteiger partial charge in [-0.25, -0.2) is 0 Å². The Labute approximate surface area is 118 Å². The van der Waals surface area contributed by atoms with Gasteiger partial charge in [-0.15, -0.1) is 0 Å². The minimum Gasteiger partial charge on any atom is -0.495 e. The summed E-state index contributed by atoms with van der Waals surface area (Å²) in [6.07, 6.45) is 0. The zero-order valence-electron chi connectivity index (χ0n) is 11.6. The molecule has 0 aliphatic rings. The van der Waals surface area contributed by atoms with Gasteiger partial charge in [-0.2, -0.15) is 0 Å². The second-order valence-electron chi connectivity index (χ2n) is 4.94. The first-order valence-corrected chi connectivity index (χ1v) is 7.03. The number of anilines is 1. The van der Waals surface area contributed by atoms with Crippen molar-refractivity contribution in [1.82, 2.24) is 0 Å². The number of nitrogens with zero attached hydrogens (tertiary/aromatic N) is 1. The van der Waals surface area contributed by atoms with E-state index in [0.29, 0.717) is 18.4 Å². The Balaban J connectivity index is 2.88. The molecule has 0 saturated carbocycles. The molecule has 0 spiro atoms. The topological polar surface area (TPSA) is 38.5 Å². The molecule has 1 unspecified atom stereocenters. The molecule has 0 bridgehead atoms. The molecule has 0 amide bonds. The maximum absolute atomic E-state index is 5.83. The van der Waals surface area contributed by atoms with E-state index in [1.54, 1.807) is 7.11 Å². The molecule has 4 heteroatoms. The van der Waals surface area contributed by atoms with E-state index in [1.807, 2.05) is 12.1 Å². The van der Waals surface area contributed by atoms with Crippen molar-refractivity contribution in [2.24, 2.45) is 17.6 Å². The van der Waals surface area contributed by atoms with Crippen LogP contribution in [0.25, 0.3) is 0 Å². The number of halogens is 1. The Morgan fingerprint density at radius 2 is 2.06 bits per heavy atom. The van der Waals surface area contributed by atoms with Gasteiger partial charge >= 0.3 is 0 Å². The van der Waals surface area contributed by atoms with Crippen LogP contribution in [0.15, 0.2) is 22.7 Å². The van der Waals surface area contributed by atoms with E-state index >= 15 is 0 Å². The molecule has 18 heavy (non-hydrogen) atoms. The molecule has 1 aromatic carbocycles. The highest BCUT2D eigenvalue weighted by molar-refractivity contribution is 9.10. The van der Waals surface area contributed by atoms with Crippen molar-refractivity contribution in [3.8, 4) is 5.75 Å². The van der Waals surface area contributed by atoms with E-state index in [2.05, 4.69) is 47.8 Å². The lowest BCUT2D eigenvalue weighted by molar-refractivity contribution is 0.391. The molecule has 1 aromatic rings. The number of hydrogen-bond donors (Lipinski definition) is 1. The van der Waals surface area contributed by atoms with Crippen LogP contribution in [0.2, 0.25) is 0 Å². The Morgan fingerprint density at radius 3 is 2.56 bits per heavy atom. The van der Waals surface area contributed by atoms with Gasteiger partial charge in [-0.05, 0) is 36.6 Å². The highest BCUT2D eigenvalue weighted by Crippen LogP contribution is 2.31. The molecular formula is C14H23BrN2O. The summed E-state index contributed by atoms with van der Waals surface area (Å²) in [6.45, 7) is 6.06. The first-order valence-electron chi connectivity index (χ1n) is 6.24. The number of rotatable bonds is 6. The molecule has 102 valence electrons. The fourth-order valence-corrected chi connectivity index (χ4v) is 2.32. The number of hydrogen-bond acceptors (Lipinski definition) is 3. The van der Waals surface area contributed by atoms with Gasteiger partial charge in [0.05, 0.1) is 12.8 Å². The van der Waals surface area contributed by atoms with Crippen molar-refractivity contribution in [1.29, 1.82) is 0 Å². The molecule has 1 rings (SSSR count). The van der Waals surface area contributed by atoms with Crippen LogP contribution in [0.5, 0.6) is 5.75 Å². The van der Waals surface area contributed by atoms with Gasteiger partial charge in [0.2, 0.25) is 0 Å². The summed E-state index contributed by atoms with van der Waals surface area (Å²) in [6, 6.07) is 6.04. The van der Waals surface area contributed by atoms with Crippen molar-refractivity contribution >= 4 is 21.6 Å². The summed E-state index contributed by atoms with van der Waals surface area (Å²) in [5, 5.41) is 0. The van der Waals surface area contributed by atoms with Crippen LogP contribution in [0.4, 0.5) is 5.69 Å². The fraction of sp³-hybridized carbons (Fsp3) is 0.571. The Morgan fingerprint density at radius 1 is 1.39 bits per heavy atom. The largest absolute Gasteiger partial charge is 0.495 e. The number of ether oxygens (including phenoxy) is 1. The van der Waals surface area contributed by atoms with Gasteiger partial charge < -0.3 is 15.4 Å². The van der Waals surface area contributed by atoms with Gasteiger partial charge in [0.25, 0.3) is 0 Å². The summed E-state index contributed by atoms with van der Waals surface area (Å²) in [5.74, 6) is 1.95. The summed E-state index contributed by atoms with van der Waals surface area (Å²) in [5.41, 5.74) is 6.92. The molecule has 0 fully saturated rings. The van der Waals surface area contributed by atoms with E-state index in [1.165, 1.54) is 0 Å². The normalized spacial score (nSPS) is 12.6. The van der Waals surface area contributed by atoms with Gasteiger partial charge in [-0.1, -0.05) is 29.8 Å². The minimum atomic E-state index is 0.485. The third kappa shape index (κ3) is 3.89. The second-order valence-corrected chi connectivity index (χ2v) is 5.85. The van der Waals surface area contributed by atoms with Crippen molar-refractivity contribution in [3.63, 3.8) is 0 Å². The zero-order valence-corrected chi connectivity index (χ0v) is 13.2. The summed E-state index contributed by atoms with van der Waals surface area (Å²) >= 11 is 3.50. The first kappa shape index (κ1) is 15.3. The number of nitrogens with two attached hydrogens (primary N) is 1. The molecule has 0 aromatic heterocycles. The monoisotopic (exact) mass is 314 g/mol. The van der Waals surface area contributed by atoms with Crippen LogP contribution in [-0.2, 0) is 0 Å². The second kappa shape index (κ2) is 7.00. The van der Waals surface area contributed by atoms with E-state index in [-0.39, 0.29) is 0 Å². The van der Waals surface area contributed by atoms with Gasteiger partial charge in [0.1, 0.15) is 5.75 Å². The molecule has 3 nitrogen and oxygen atoms in total. The van der Waals surface area contributed by atoms with Crippen molar-refractivity contribution < 1.29 is 4.74 Å². The SMILES string of the molecule is COc1ccc(Br)cc1N(C)CC(CN)C(C)C. The quantitative estimate of drug-likeness (QED) is 0.876. The predicted molar refractivity (Wildman–Crippen MR) is 81.3 cm³/mol. The van der Waals surface area contributed by atoms with E-state index in [9.17, 15) is 0 Å². The number of methoxy groups -OCH3 is 1. The van der Waals surface area contributed by atoms with Crippen LogP contribution in [0.3, 0.4) is 0 Å². The van der Waals surface area contributed by atoms with Crippen molar-refractivity contribution in [3.05, 3.63) is 22.7 Å². The summed E-state index contributed by atoms with van der Waals surface area (Å²) in [7, 11) is 3.78. The van der Waals surface area contributed by atoms with Crippen molar-refractivity contribution in [2.75, 3.05) is 32.1 Å². The highest BCUT2D eigenvalue weighted by Gasteiger charge is 2.16. The minimum absolute atomic E-state index is 0.485. The lowest BCUT2D eigenvalue weighted by atomic mass is 9.95. The predicted octanol–water partition coefficient (Wildman–Crippen LogP) is 3.12. The van der Waals surface area contributed by atoms with Crippen LogP contribution < -0.4 is 15.4 Å². The summed E-state index contributed by atoms with van der Waals surface area (Å²) < 4.78 is 6.46. The third-order valence-electron chi connectivity index (χ3n) is 3.31. The first-order chi connectivity index (χ1) is 8.49. The number of benzene rings is 1. The van der Waals surface area contributed by atoms with Gasteiger partial charge in [0, 0.05) is 18.1 Å². The molecule has 0 saturated heterocycles. The molecule has 2 N–H and O–H groups in total. The van der Waals surface area contributed by atoms with Crippen LogP contribution in [-0.4, -0.2) is 27.2 Å². The van der Waals surface area contributed by atoms with Gasteiger partial charge in [0.15, 0.2) is 0 Å². The molecule has 0 aliphatic carbocycles. The maximum atomic E-state index is 5.83. The molecule has 0 heterocycles.